The SMILES string of the molecule is CC1=NC(n2c3ccccc3c3ccc4c5ccccc5n(-c5ccc(-c6ccc7ccccc7c6)cc5)c4c32)=NC(c2ccccc2)N1C. The van der Waals surface area contributed by atoms with Gasteiger partial charge in [0.1, 0.15) is 5.84 Å². The van der Waals surface area contributed by atoms with E-state index < -0.39 is 0 Å². The number of nitrogens with zero attached hydrogens (tertiary/aromatic N) is 5. The minimum Gasteiger partial charge on any atom is -0.337 e. The maximum atomic E-state index is 5.36. The van der Waals surface area contributed by atoms with Crippen LogP contribution < -0.4 is 0 Å². The highest BCUT2D eigenvalue weighted by molar-refractivity contribution is 6.26. The highest BCUT2D eigenvalue weighted by Gasteiger charge is 2.27. The minimum absolute atomic E-state index is 0.187. The number of rotatable bonds is 3. The van der Waals surface area contributed by atoms with Crippen LogP contribution in [0.1, 0.15) is 18.7 Å². The smallest absolute Gasteiger partial charge is 0.234 e. The van der Waals surface area contributed by atoms with Gasteiger partial charge in [0.05, 0.1) is 22.1 Å². The first kappa shape index (κ1) is 28.5. The summed E-state index contributed by atoms with van der Waals surface area (Å²) in [6, 6.07) is 56.6. The molecule has 0 saturated heterocycles. The van der Waals surface area contributed by atoms with Crippen LogP contribution in [0.3, 0.4) is 0 Å². The van der Waals surface area contributed by atoms with Gasteiger partial charge >= 0.3 is 0 Å². The molecule has 0 fully saturated rings. The highest BCUT2D eigenvalue weighted by Crippen LogP contribution is 2.41. The monoisotopic (exact) mass is 643 g/mol. The number of aromatic nitrogens is 2. The molecule has 1 atom stereocenters. The summed E-state index contributed by atoms with van der Waals surface area (Å²) in [6.07, 6.45) is -0.187. The fraction of sp³-hybridized carbons (Fsp3) is 0.0667. The molecule has 3 heterocycles. The molecule has 5 nitrogen and oxygen atoms in total. The minimum atomic E-state index is -0.187. The van der Waals surface area contributed by atoms with Gasteiger partial charge in [0.15, 0.2) is 6.17 Å². The van der Waals surface area contributed by atoms with E-state index >= 15 is 0 Å². The molecule has 7 aromatic carbocycles. The molecule has 2 aromatic heterocycles. The van der Waals surface area contributed by atoms with Crippen molar-refractivity contribution in [1.82, 2.24) is 14.0 Å². The van der Waals surface area contributed by atoms with Crippen LogP contribution in [0.15, 0.2) is 168 Å². The second-order valence-electron chi connectivity index (χ2n) is 13.2. The van der Waals surface area contributed by atoms with Crippen LogP contribution >= 0.6 is 0 Å². The summed E-state index contributed by atoms with van der Waals surface area (Å²) in [7, 11) is 2.07. The summed E-state index contributed by atoms with van der Waals surface area (Å²) in [6.45, 7) is 2.07. The predicted octanol–water partition coefficient (Wildman–Crippen LogP) is 11.0. The van der Waals surface area contributed by atoms with Crippen molar-refractivity contribution < 1.29 is 0 Å². The van der Waals surface area contributed by atoms with Gasteiger partial charge in [0.25, 0.3) is 0 Å². The molecule has 0 saturated carbocycles. The Labute approximate surface area is 289 Å². The van der Waals surface area contributed by atoms with E-state index in [2.05, 4.69) is 186 Å². The first-order chi connectivity index (χ1) is 24.6. The largest absolute Gasteiger partial charge is 0.337 e. The normalized spacial score (nSPS) is 15.0. The third-order valence-corrected chi connectivity index (χ3v) is 10.4. The van der Waals surface area contributed by atoms with Gasteiger partial charge in [-0.25, -0.2) is 4.99 Å². The molecule has 5 heteroatoms. The molecule has 0 radical (unpaired) electrons. The van der Waals surface area contributed by atoms with E-state index in [0.717, 1.165) is 39.2 Å². The van der Waals surface area contributed by atoms with E-state index in [9.17, 15) is 0 Å². The lowest BCUT2D eigenvalue weighted by Crippen LogP contribution is -2.34. The number of benzene rings is 7. The Balaban J connectivity index is 1.25. The Kier molecular flexibility index (Phi) is 6.30. The molecule has 50 heavy (non-hydrogen) atoms. The van der Waals surface area contributed by atoms with Gasteiger partial charge < -0.3 is 9.47 Å². The molecule has 0 aliphatic carbocycles. The second-order valence-corrected chi connectivity index (χ2v) is 13.2. The first-order valence-electron chi connectivity index (χ1n) is 17.1. The molecule has 1 unspecified atom stereocenters. The number of hydrogen-bond acceptors (Lipinski definition) is 3. The lowest BCUT2D eigenvalue weighted by atomic mass is 10.0. The average molecular weight is 644 g/mol. The van der Waals surface area contributed by atoms with Gasteiger partial charge in [0, 0.05) is 34.3 Å². The van der Waals surface area contributed by atoms with E-state index in [4.69, 9.17) is 9.98 Å². The van der Waals surface area contributed by atoms with E-state index in [1.807, 2.05) is 0 Å². The number of para-hydroxylation sites is 2. The standard InChI is InChI=1S/C45H33N5/c1-29-46-45(47-44(48(29)2)32-13-4-3-5-14-32)50-41-19-11-9-17-37(41)39-27-26-38-36-16-8-10-18-40(36)49(42(38)43(39)50)35-24-22-31(23-25-35)34-21-20-30-12-6-7-15-33(30)28-34/h3-28,44H,1-2H3. The lowest BCUT2D eigenvalue weighted by molar-refractivity contribution is 0.378. The van der Waals surface area contributed by atoms with Crippen molar-refractivity contribution in [3.05, 3.63) is 163 Å². The van der Waals surface area contributed by atoms with Crippen LogP contribution in [-0.4, -0.2) is 32.9 Å². The summed E-state index contributed by atoms with van der Waals surface area (Å²) in [5, 5.41) is 7.27. The van der Waals surface area contributed by atoms with Crippen LogP contribution in [0, 0.1) is 0 Å². The van der Waals surface area contributed by atoms with E-state index in [-0.39, 0.29) is 6.17 Å². The lowest BCUT2D eigenvalue weighted by Gasteiger charge is -2.31. The number of aliphatic imine (C=N–C) groups is 2. The molecular weight excluding hydrogens is 611 g/mol. The third kappa shape index (κ3) is 4.26. The topological polar surface area (TPSA) is 37.8 Å². The summed E-state index contributed by atoms with van der Waals surface area (Å²) < 4.78 is 4.71. The van der Waals surface area contributed by atoms with Crippen molar-refractivity contribution >= 4 is 66.2 Å². The molecule has 0 spiro atoms. The van der Waals surface area contributed by atoms with Gasteiger partial charge in [-0.3, -0.25) is 4.57 Å². The highest BCUT2D eigenvalue weighted by atomic mass is 15.4. The van der Waals surface area contributed by atoms with Crippen molar-refractivity contribution in [2.24, 2.45) is 9.98 Å². The van der Waals surface area contributed by atoms with Gasteiger partial charge in [-0.05, 0) is 64.7 Å². The van der Waals surface area contributed by atoms with Crippen molar-refractivity contribution in [3.63, 3.8) is 0 Å². The van der Waals surface area contributed by atoms with Crippen molar-refractivity contribution in [2.75, 3.05) is 7.05 Å². The quantitative estimate of drug-likeness (QED) is 0.189. The summed E-state index contributed by atoms with van der Waals surface area (Å²) in [4.78, 5) is 12.7. The Morgan fingerprint density at radius 2 is 1.08 bits per heavy atom. The summed E-state index contributed by atoms with van der Waals surface area (Å²) in [5.41, 5.74) is 9.14. The zero-order valence-electron chi connectivity index (χ0n) is 27.8. The molecule has 1 aliphatic rings. The molecule has 0 bridgehead atoms. The van der Waals surface area contributed by atoms with E-state index in [1.165, 1.54) is 43.4 Å². The summed E-state index contributed by atoms with van der Waals surface area (Å²) >= 11 is 0. The van der Waals surface area contributed by atoms with Crippen molar-refractivity contribution in [1.29, 1.82) is 0 Å². The molecule has 0 N–H and O–H groups in total. The molecule has 1 aliphatic heterocycles. The molecule has 0 amide bonds. The number of hydrogen-bond donors (Lipinski definition) is 0. The second kappa shape index (κ2) is 11.0. The first-order valence-corrected chi connectivity index (χ1v) is 17.1. The van der Waals surface area contributed by atoms with Crippen molar-refractivity contribution in [3.8, 4) is 16.8 Å². The maximum absolute atomic E-state index is 5.36. The average Bonchev–Trinajstić information content (AvgIpc) is 3.69. The third-order valence-electron chi connectivity index (χ3n) is 10.4. The van der Waals surface area contributed by atoms with Gasteiger partial charge in [0.2, 0.25) is 5.96 Å². The summed E-state index contributed by atoms with van der Waals surface area (Å²) in [5.74, 6) is 1.61. The molecule has 10 rings (SSSR count). The fourth-order valence-corrected chi connectivity index (χ4v) is 7.80. The van der Waals surface area contributed by atoms with Gasteiger partial charge in [-0.15, -0.1) is 0 Å². The van der Waals surface area contributed by atoms with Crippen LogP contribution in [0.2, 0.25) is 0 Å². The molecule has 238 valence electrons. The van der Waals surface area contributed by atoms with E-state index in [0.29, 0.717) is 5.96 Å². The maximum Gasteiger partial charge on any atom is 0.234 e. The zero-order chi connectivity index (χ0) is 33.3. The molecule has 9 aromatic rings. The Morgan fingerprint density at radius 3 is 1.80 bits per heavy atom. The van der Waals surface area contributed by atoms with Gasteiger partial charge in [-0.1, -0.05) is 127 Å². The van der Waals surface area contributed by atoms with Crippen LogP contribution in [0.5, 0.6) is 0 Å². The van der Waals surface area contributed by atoms with Crippen molar-refractivity contribution in [2.45, 2.75) is 13.1 Å². The number of amidine groups is 1. The van der Waals surface area contributed by atoms with Crippen LogP contribution in [0.4, 0.5) is 0 Å². The van der Waals surface area contributed by atoms with Crippen LogP contribution in [0.25, 0.3) is 71.2 Å². The predicted molar refractivity (Wildman–Crippen MR) is 210 cm³/mol. The Hall–Kier alpha value is -6.46. The fourth-order valence-electron chi connectivity index (χ4n) is 7.80. The van der Waals surface area contributed by atoms with E-state index in [1.54, 1.807) is 0 Å². The van der Waals surface area contributed by atoms with Gasteiger partial charge in [-0.2, -0.15) is 4.99 Å². The Bertz CT molecular complexity index is 2840. The molecular formula is C45H33N5. The number of fused-ring (bicyclic) bond motifs is 8. The Morgan fingerprint density at radius 1 is 0.500 bits per heavy atom. The zero-order valence-corrected chi connectivity index (χ0v) is 27.8. The van der Waals surface area contributed by atoms with Crippen LogP contribution in [-0.2, 0) is 0 Å².